The molecule has 174 valence electrons. The lowest BCUT2D eigenvalue weighted by Gasteiger charge is -2.36. The summed E-state index contributed by atoms with van der Waals surface area (Å²) in [5.41, 5.74) is 4.51. The Kier molecular flexibility index (Phi) is 5.71. The summed E-state index contributed by atoms with van der Waals surface area (Å²) in [4.78, 5) is 28.6. The molecule has 0 amide bonds. The number of esters is 1. The van der Waals surface area contributed by atoms with Gasteiger partial charge < -0.3 is 4.74 Å². The van der Waals surface area contributed by atoms with Crippen LogP contribution in [0, 0.1) is 11.3 Å². The molecule has 1 aliphatic heterocycles. The maximum Gasteiger partial charge on any atom is 0.338 e. The van der Waals surface area contributed by atoms with E-state index in [2.05, 4.69) is 16.0 Å². The van der Waals surface area contributed by atoms with E-state index in [1.165, 1.54) is 6.33 Å². The number of halogens is 1. The van der Waals surface area contributed by atoms with Gasteiger partial charge in [0.1, 0.15) is 18.5 Å². The number of aromatic nitrogens is 4. The summed E-state index contributed by atoms with van der Waals surface area (Å²) in [5, 5.41) is 9.26. The molecule has 0 fully saturated rings. The molecule has 35 heavy (non-hydrogen) atoms. The Hall–Kier alpha value is -4.58. The first kappa shape index (κ1) is 22.2. The van der Waals surface area contributed by atoms with Crippen LogP contribution in [-0.2, 0) is 16.2 Å². The van der Waals surface area contributed by atoms with E-state index in [1.807, 2.05) is 34.6 Å². The smallest absolute Gasteiger partial charge is 0.338 e. The maximum atomic E-state index is 13.5. The van der Waals surface area contributed by atoms with Crippen molar-refractivity contribution in [3.8, 4) is 6.07 Å². The monoisotopic (exact) mass is 468 g/mol. The van der Waals surface area contributed by atoms with Gasteiger partial charge in [0, 0.05) is 11.4 Å². The second-order valence-corrected chi connectivity index (χ2v) is 8.01. The fraction of sp³-hybridized carbons (Fsp3) is 0.192. The fourth-order valence-corrected chi connectivity index (χ4v) is 4.44. The highest BCUT2D eigenvalue weighted by atomic mass is 19.1. The number of imidazole rings is 1. The van der Waals surface area contributed by atoms with E-state index in [-0.39, 0.29) is 6.61 Å². The molecule has 0 saturated heterocycles. The number of benzene rings is 2. The molecule has 1 aliphatic rings. The van der Waals surface area contributed by atoms with E-state index in [4.69, 9.17) is 9.72 Å². The number of ether oxygens (including phenoxy) is 1. The molecule has 1 unspecified atom stereocenters. The number of fused-ring (bicyclic) bond motifs is 3. The highest BCUT2D eigenvalue weighted by Crippen LogP contribution is 2.45. The van der Waals surface area contributed by atoms with Gasteiger partial charge in [-0.05, 0) is 49.2 Å². The average Bonchev–Trinajstić information content (AvgIpc) is 3.27. The van der Waals surface area contributed by atoms with Gasteiger partial charge >= 0.3 is 5.97 Å². The molecule has 5 rings (SSSR count). The van der Waals surface area contributed by atoms with Crippen LogP contribution in [0.4, 0.5) is 16.0 Å². The number of allylic oxidation sites excluding steroid dienone is 1. The Balaban J connectivity index is 1.84. The summed E-state index contributed by atoms with van der Waals surface area (Å²) < 4.78 is 20.9. The number of rotatable bonds is 5. The summed E-state index contributed by atoms with van der Waals surface area (Å²) in [5.74, 6) is 0.0315. The van der Waals surface area contributed by atoms with E-state index >= 15 is 0 Å². The Bertz CT molecular complexity index is 1500. The van der Waals surface area contributed by atoms with Crippen LogP contribution in [0.2, 0.25) is 0 Å². The van der Waals surface area contributed by atoms with Crippen LogP contribution in [0.25, 0.3) is 11.2 Å². The second kappa shape index (κ2) is 8.99. The number of nitriles is 1. The standard InChI is InChI=1S/C26H21FN6O2/c1-3-35-25(34)22-16(2)32(20-6-4-5-18(11-20)12-27)26-31-21-14-29-15-30-24(21)33(26)23(22)19-9-7-17(13-28)8-10-19/h4-11,14-15,23H,3,12H2,1-2H3. The van der Waals surface area contributed by atoms with Crippen LogP contribution >= 0.6 is 0 Å². The van der Waals surface area contributed by atoms with Crippen molar-refractivity contribution in [1.82, 2.24) is 19.5 Å². The second-order valence-electron chi connectivity index (χ2n) is 8.01. The molecule has 4 aromatic rings. The molecule has 0 saturated carbocycles. The molecule has 0 radical (unpaired) electrons. The number of carbonyl (C=O) groups is 1. The number of hydrogen-bond donors (Lipinski definition) is 0. The molecule has 9 heteroatoms. The lowest BCUT2D eigenvalue weighted by Crippen LogP contribution is -2.34. The predicted octanol–water partition coefficient (Wildman–Crippen LogP) is 4.75. The van der Waals surface area contributed by atoms with E-state index in [0.29, 0.717) is 45.2 Å². The third-order valence-electron chi connectivity index (χ3n) is 5.97. The largest absolute Gasteiger partial charge is 0.463 e. The zero-order chi connectivity index (χ0) is 24.5. The third-order valence-corrected chi connectivity index (χ3v) is 5.97. The van der Waals surface area contributed by atoms with Crippen molar-refractivity contribution in [2.75, 3.05) is 11.5 Å². The number of hydrogen-bond acceptors (Lipinski definition) is 7. The third kappa shape index (κ3) is 3.69. The predicted molar refractivity (Wildman–Crippen MR) is 127 cm³/mol. The molecule has 0 spiro atoms. The van der Waals surface area contributed by atoms with Crippen LogP contribution < -0.4 is 4.90 Å². The quantitative estimate of drug-likeness (QED) is 0.390. The summed E-state index contributed by atoms with van der Waals surface area (Å²) in [6.07, 6.45) is 3.04. The Morgan fingerprint density at radius 2 is 2.03 bits per heavy atom. The van der Waals surface area contributed by atoms with Gasteiger partial charge in [0.25, 0.3) is 0 Å². The minimum atomic E-state index is -0.620. The first-order valence-electron chi connectivity index (χ1n) is 11.1. The van der Waals surface area contributed by atoms with Gasteiger partial charge in [-0.25, -0.2) is 24.1 Å². The van der Waals surface area contributed by atoms with Crippen molar-refractivity contribution in [1.29, 1.82) is 5.26 Å². The van der Waals surface area contributed by atoms with Gasteiger partial charge in [0.2, 0.25) is 5.95 Å². The normalized spacial score (nSPS) is 15.1. The van der Waals surface area contributed by atoms with Crippen molar-refractivity contribution >= 4 is 28.8 Å². The number of nitrogens with zero attached hydrogens (tertiary/aromatic N) is 6. The van der Waals surface area contributed by atoms with Crippen molar-refractivity contribution in [2.24, 2.45) is 0 Å². The van der Waals surface area contributed by atoms with Crippen LogP contribution in [0.1, 0.15) is 36.6 Å². The van der Waals surface area contributed by atoms with Crippen LogP contribution in [-0.4, -0.2) is 32.1 Å². The van der Waals surface area contributed by atoms with E-state index < -0.39 is 18.7 Å². The zero-order valence-electron chi connectivity index (χ0n) is 19.1. The van der Waals surface area contributed by atoms with Gasteiger partial charge in [-0.15, -0.1) is 0 Å². The number of alkyl halides is 1. The van der Waals surface area contributed by atoms with E-state index in [9.17, 15) is 14.4 Å². The first-order chi connectivity index (χ1) is 17.1. The van der Waals surface area contributed by atoms with Crippen molar-refractivity contribution < 1.29 is 13.9 Å². The first-order valence-corrected chi connectivity index (χ1v) is 11.1. The summed E-state index contributed by atoms with van der Waals surface area (Å²) in [6.45, 7) is 3.15. The number of anilines is 2. The molecule has 3 heterocycles. The Labute approximate surface area is 200 Å². The van der Waals surface area contributed by atoms with Gasteiger partial charge in [-0.3, -0.25) is 9.47 Å². The highest BCUT2D eigenvalue weighted by molar-refractivity contribution is 5.95. The van der Waals surface area contributed by atoms with Gasteiger partial charge in [0.15, 0.2) is 5.65 Å². The summed E-state index contributed by atoms with van der Waals surface area (Å²) in [6, 6.07) is 15.6. The lowest BCUT2D eigenvalue weighted by molar-refractivity contribution is -0.139. The molecule has 1 atom stereocenters. The van der Waals surface area contributed by atoms with Crippen molar-refractivity contribution in [3.63, 3.8) is 0 Å². The molecular formula is C26H21FN6O2. The molecule has 8 nitrogen and oxygen atoms in total. The topological polar surface area (TPSA) is 96.9 Å². The Morgan fingerprint density at radius 1 is 1.23 bits per heavy atom. The van der Waals surface area contributed by atoms with Gasteiger partial charge in [-0.1, -0.05) is 24.3 Å². The molecular weight excluding hydrogens is 447 g/mol. The zero-order valence-corrected chi connectivity index (χ0v) is 19.1. The van der Waals surface area contributed by atoms with E-state index in [1.54, 1.807) is 43.5 Å². The average molecular weight is 468 g/mol. The molecule has 0 bridgehead atoms. The van der Waals surface area contributed by atoms with E-state index in [0.717, 1.165) is 5.56 Å². The molecule has 2 aromatic carbocycles. The molecule has 0 N–H and O–H groups in total. The van der Waals surface area contributed by atoms with Crippen molar-refractivity contribution in [2.45, 2.75) is 26.6 Å². The summed E-state index contributed by atoms with van der Waals surface area (Å²) >= 11 is 0. The van der Waals surface area contributed by atoms with Crippen molar-refractivity contribution in [3.05, 3.63) is 89.0 Å². The molecule has 2 aromatic heterocycles. The SMILES string of the molecule is CCOC(=O)C1=C(C)N(c2cccc(CF)c2)c2nc3cncnc3n2C1c1ccc(C#N)cc1. The van der Waals surface area contributed by atoms with Crippen LogP contribution in [0.5, 0.6) is 0 Å². The van der Waals surface area contributed by atoms with Gasteiger partial charge in [0.05, 0.1) is 36.1 Å². The molecule has 0 aliphatic carbocycles. The number of carbonyl (C=O) groups excluding carboxylic acids is 1. The highest BCUT2D eigenvalue weighted by Gasteiger charge is 2.39. The minimum absolute atomic E-state index is 0.201. The maximum absolute atomic E-state index is 13.5. The van der Waals surface area contributed by atoms with Crippen LogP contribution in [0.15, 0.2) is 72.3 Å². The fourth-order valence-electron chi connectivity index (χ4n) is 4.44. The van der Waals surface area contributed by atoms with Gasteiger partial charge in [-0.2, -0.15) is 5.26 Å². The Morgan fingerprint density at radius 3 is 2.74 bits per heavy atom. The van der Waals surface area contributed by atoms with Crippen LogP contribution in [0.3, 0.4) is 0 Å². The lowest BCUT2D eigenvalue weighted by atomic mass is 9.93. The minimum Gasteiger partial charge on any atom is -0.463 e. The summed E-state index contributed by atoms with van der Waals surface area (Å²) in [7, 11) is 0.